The molecule has 0 spiro atoms. The molecule has 0 saturated heterocycles. The Morgan fingerprint density at radius 3 is 2.55 bits per heavy atom. The van der Waals surface area contributed by atoms with Crippen LogP contribution in [0, 0.1) is 0 Å². The molecule has 1 N–H and O–H groups in total. The molecule has 0 radical (unpaired) electrons. The summed E-state index contributed by atoms with van der Waals surface area (Å²) in [7, 11) is 1.29. The van der Waals surface area contributed by atoms with Crippen LogP contribution < -0.4 is 4.74 Å². The fourth-order valence-corrected chi connectivity index (χ4v) is 1.43. The van der Waals surface area contributed by atoms with E-state index in [0.717, 1.165) is 6.07 Å². The average molecular weight is 288 g/mol. The fourth-order valence-electron chi connectivity index (χ4n) is 1.43. The molecule has 0 unspecified atom stereocenters. The summed E-state index contributed by atoms with van der Waals surface area (Å²) in [6.07, 6.45) is -4.76. The van der Waals surface area contributed by atoms with E-state index < -0.39 is 18.0 Å². The van der Waals surface area contributed by atoms with Crippen molar-refractivity contribution in [2.45, 2.75) is 6.18 Å². The van der Waals surface area contributed by atoms with Gasteiger partial charge in [0.05, 0.1) is 12.7 Å². The number of rotatable bonds is 3. The van der Waals surface area contributed by atoms with E-state index in [9.17, 15) is 18.0 Å². The van der Waals surface area contributed by atoms with Crippen molar-refractivity contribution in [3.05, 3.63) is 29.7 Å². The number of aromatic carboxylic acids is 1. The zero-order valence-corrected chi connectivity index (χ0v) is 9.93. The first-order chi connectivity index (χ1) is 9.31. The summed E-state index contributed by atoms with van der Waals surface area (Å²) in [5.41, 5.74) is -0.126. The molecule has 0 aliphatic rings. The highest BCUT2D eigenvalue weighted by atomic mass is 19.4. The first-order valence-electron chi connectivity index (χ1n) is 5.15. The zero-order valence-electron chi connectivity index (χ0n) is 9.93. The van der Waals surface area contributed by atoms with Crippen LogP contribution in [0.5, 0.6) is 5.75 Å². The zero-order chi connectivity index (χ0) is 14.9. The lowest BCUT2D eigenvalue weighted by molar-refractivity contribution is -0.159. The van der Waals surface area contributed by atoms with E-state index in [1.807, 2.05) is 0 Å². The van der Waals surface area contributed by atoms with Crippen LogP contribution >= 0.6 is 0 Å². The van der Waals surface area contributed by atoms with E-state index in [1.54, 1.807) is 0 Å². The molecule has 0 amide bonds. The van der Waals surface area contributed by atoms with Crippen molar-refractivity contribution >= 4 is 5.97 Å². The molecule has 6 nitrogen and oxygen atoms in total. The smallest absolute Gasteiger partial charge is 0.471 e. The molecule has 2 aromatic rings. The second-order valence-electron chi connectivity index (χ2n) is 3.68. The lowest BCUT2D eigenvalue weighted by atomic mass is 10.1. The fraction of sp³-hybridized carbons (Fsp3) is 0.182. The molecule has 0 atom stereocenters. The van der Waals surface area contributed by atoms with Gasteiger partial charge < -0.3 is 14.4 Å². The van der Waals surface area contributed by atoms with Gasteiger partial charge in [0.15, 0.2) is 0 Å². The lowest BCUT2D eigenvalue weighted by Crippen LogP contribution is -2.05. The summed E-state index contributed by atoms with van der Waals surface area (Å²) in [5, 5.41) is 12.1. The van der Waals surface area contributed by atoms with Crippen molar-refractivity contribution in [3.8, 4) is 17.1 Å². The molecule has 1 aromatic carbocycles. The molecule has 0 fully saturated rings. The van der Waals surface area contributed by atoms with Crippen LogP contribution in [0.4, 0.5) is 13.2 Å². The Labute approximate surface area is 109 Å². The summed E-state index contributed by atoms with van der Waals surface area (Å²) in [6.45, 7) is 0. The van der Waals surface area contributed by atoms with Gasteiger partial charge >= 0.3 is 18.0 Å². The highest BCUT2D eigenvalue weighted by Crippen LogP contribution is 2.30. The van der Waals surface area contributed by atoms with Crippen molar-refractivity contribution in [2.75, 3.05) is 7.11 Å². The Bertz CT molecular complexity index is 651. The van der Waals surface area contributed by atoms with Gasteiger partial charge in [-0.15, -0.1) is 0 Å². The highest BCUT2D eigenvalue weighted by Gasteiger charge is 2.38. The largest absolute Gasteiger partial charge is 0.497 e. The number of alkyl halides is 3. The first kappa shape index (κ1) is 13.8. The summed E-state index contributed by atoms with van der Waals surface area (Å²) >= 11 is 0. The number of methoxy groups -OCH3 is 1. The lowest BCUT2D eigenvalue weighted by Gasteiger charge is -2.04. The number of ether oxygens (including phenoxy) is 1. The van der Waals surface area contributed by atoms with Gasteiger partial charge in [0, 0.05) is 5.56 Å². The van der Waals surface area contributed by atoms with Crippen LogP contribution in [0.3, 0.4) is 0 Å². The second kappa shape index (κ2) is 4.83. The molecular weight excluding hydrogens is 281 g/mol. The van der Waals surface area contributed by atoms with Gasteiger partial charge in [-0.1, -0.05) is 5.16 Å². The Morgan fingerprint density at radius 1 is 1.35 bits per heavy atom. The van der Waals surface area contributed by atoms with Gasteiger partial charge in [0.2, 0.25) is 5.82 Å². The van der Waals surface area contributed by atoms with Crippen LogP contribution in [0.25, 0.3) is 11.4 Å². The number of carboxylic acids is 1. The highest BCUT2D eigenvalue weighted by molar-refractivity contribution is 5.89. The minimum absolute atomic E-state index is 0.0426. The monoisotopic (exact) mass is 288 g/mol. The minimum Gasteiger partial charge on any atom is -0.497 e. The standard InChI is InChI=1S/C11H7F3N2O4/c1-19-7-3-5(2-6(4-7)9(17)18)8-15-10(20-16-8)11(12,13)14/h2-4H,1H3,(H,17,18). The summed E-state index contributed by atoms with van der Waals surface area (Å²) < 4.78 is 46.0. The number of carboxylic acid groups (broad SMARTS) is 1. The number of hydrogen-bond acceptors (Lipinski definition) is 5. The van der Waals surface area contributed by atoms with Crippen molar-refractivity contribution in [3.63, 3.8) is 0 Å². The molecule has 0 saturated carbocycles. The predicted molar refractivity (Wildman–Crippen MR) is 58.2 cm³/mol. The third-order valence-electron chi connectivity index (χ3n) is 2.32. The molecule has 0 aliphatic heterocycles. The molecule has 1 heterocycles. The van der Waals surface area contributed by atoms with E-state index in [-0.39, 0.29) is 22.7 Å². The van der Waals surface area contributed by atoms with Crippen LogP contribution in [0.2, 0.25) is 0 Å². The first-order valence-corrected chi connectivity index (χ1v) is 5.15. The molecule has 9 heteroatoms. The van der Waals surface area contributed by atoms with Gasteiger partial charge in [0.25, 0.3) is 0 Å². The number of aromatic nitrogens is 2. The van der Waals surface area contributed by atoms with Crippen molar-refractivity contribution in [1.82, 2.24) is 10.1 Å². The van der Waals surface area contributed by atoms with E-state index in [0.29, 0.717) is 0 Å². The number of benzene rings is 1. The summed E-state index contributed by atoms with van der Waals surface area (Å²) in [6, 6.07) is 3.64. The maximum absolute atomic E-state index is 12.4. The minimum atomic E-state index is -4.76. The summed E-state index contributed by atoms with van der Waals surface area (Å²) in [5.74, 6) is -2.99. The third kappa shape index (κ3) is 2.71. The van der Waals surface area contributed by atoms with E-state index in [4.69, 9.17) is 9.84 Å². The Morgan fingerprint density at radius 2 is 2.05 bits per heavy atom. The number of nitrogens with zero attached hydrogens (tertiary/aromatic N) is 2. The molecular formula is C11H7F3N2O4. The van der Waals surface area contributed by atoms with Crippen LogP contribution in [-0.4, -0.2) is 28.3 Å². The molecule has 1 aromatic heterocycles. The van der Waals surface area contributed by atoms with E-state index in [1.165, 1.54) is 19.2 Å². The normalized spacial score (nSPS) is 11.4. The third-order valence-corrected chi connectivity index (χ3v) is 2.32. The predicted octanol–water partition coefficient (Wildman–Crippen LogP) is 2.46. The van der Waals surface area contributed by atoms with Gasteiger partial charge in [-0.2, -0.15) is 18.2 Å². The van der Waals surface area contributed by atoms with Crippen LogP contribution in [0.1, 0.15) is 16.2 Å². The van der Waals surface area contributed by atoms with Crippen LogP contribution in [-0.2, 0) is 6.18 Å². The molecule has 0 bridgehead atoms. The SMILES string of the molecule is COc1cc(C(=O)O)cc(-c2noc(C(F)(F)F)n2)c1. The van der Waals surface area contributed by atoms with Crippen molar-refractivity contribution in [2.24, 2.45) is 0 Å². The quantitative estimate of drug-likeness (QED) is 0.933. The maximum atomic E-state index is 12.4. The Hall–Kier alpha value is -2.58. The summed E-state index contributed by atoms with van der Waals surface area (Å²) in [4.78, 5) is 14.1. The molecule has 2 rings (SSSR count). The average Bonchev–Trinajstić information content (AvgIpc) is 2.87. The topological polar surface area (TPSA) is 85.5 Å². The Kier molecular flexibility index (Phi) is 3.35. The van der Waals surface area contributed by atoms with Crippen LogP contribution in [0.15, 0.2) is 22.7 Å². The van der Waals surface area contributed by atoms with E-state index in [2.05, 4.69) is 14.7 Å². The van der Waals surface area contributed by atoms with E-state index >= 15 is 0 Å². The molecule has 20 heavy (non-hydrogen) atoms. The molecule has 0 aliphatic carbocycles. The van der Waals surface area contributed by atoms with Gasteiger partial charge in [-0.25, -0.2) is 4.79 Å². The van der Waals surface area contributed by atoms with Gasteiger partial charge in [-0.3, -0.25) is 0 Å². The van der Waals surface area contributed by atoms with Crippen molar-refractivity contribution in [1.29, 1.82) is 0 Å². The second-order valence-corrected chi connectivity index (χ2v) is 3.68. The molecule has 106 valence electrons. The number of hydrogen-bond donors (Lipinski definition) is 1. The van der Waals surface area contributed by atoms with Gasteiger partial charge in [-0.05, 0) is 18.2 Å². The maximum Gasteiger partial charge on any atom is 0.471 e. The van der Waals surface area contributed by atoms with Gasteiger partial charge in [0.1, 0.15) is 5.75 Å². The Balaban J connectivity index is 2.49. The van der Waals surface area contributed by atoms with Crippen molar-refractivity contribution < 1.29 is 32.3 Å². The number of halogens is 3. The number of carbonyl (C=O) groups is 1.